The van der Waals surface area contributed by atoms with Crippen molar-refractivity contribution in [3.63, 3.8) is 0 Å². The van der Waals surface area contributed by atoms with Gasteiger partial charge in [-0.15, -0.1) is 0 Å². The molecular formula is C116H144N4O4. The Balaban J connectivity index is 0.902. The van der Waals surface area contributed by atoms with E-state index in [-0.39, 0.29) is 47.3 Å². The average molecular weight is 1660 g/mol. The van der Waals surface area contributed by atoms with Crippen molar-refractivity contribution in [2.24, 2.45) is 11.8 Å². The summed E-state index contributed by atoms with van der Waals surface area (Å²) in [4.78, 5) is 68.4. The van der Waals surface area contributed by atoms with E-state index in [0.717, 1.165) is 127 Å². The van der Waals surface area contributed by atoms with Gasteiger partial charge in [-0.2, -0.15) is 0 Å². The molecule has 17 rings (SSSR count). The second-order valence-corrected chi connectivity index (χ2v) is 40.4. The number of imide groups is 2. The summed E-state index contributed by atoms with van der Waals surface area (Å²) in [6.07, 6.45) is 51.3. The zero-order chi connectivity index (χ0) is 86.1. The molecule has 0 aliphatic carbocycles. The van der Waals surface area contributed by atoms with Gasteiger partial charge >= 0.3 is 0 Å². The highest BCUT2D eigenvalue weighted by Crippen LogP contribution is 2.58. The number of fused-ring (bicyclic) bond motifs is 4. The molecule has 13 aromatic carbocycles. The number of carbonyl (C=O) groups is 4. The molecule has 4 heterocycles. The molecule has 2 unspecified atom stereocenters. The highest BCUT2D eigenvalue weighted by Gasteiger charge is 2.43. The van der Waals surface area contributed by atoms with Crippen LogP contribution in [0.2, 0.25) is 0 Å². The first kappa shape index (κ1) is 87.2. The Bertz CT molecular complexity index is 5860. The van der Waals surface area contributed by atoms with E-state index < -0.39 is 0 Å². The number of para-hydroxylation sites is 2. The Kier molecular flexibility index (Phi) is 27.0. The topological polar surface area (TPSA) is 84.6 Å². The number of unbranched alkanes of at least 4 members (excludes halogenated alkanes) is 32. The second-order valence-electron chi connectivity index (χ2n) is 40.4. The molecule has 8 heteroatoms. The molecule has 2 aliphatic heterocycles. The van der Waals surface area contributed by atoms with Crippen LogP contribution in [0.25, 0.3) is 130 Å². The standard InChI is InChI=1S/C116H144N4O4/c1-13-17-21-25-29-33-35-39-43-47-53-77(51-45-41-37-31-27-23-19-15-3)71-117-95-67-91-92-68-96-108-104-86(62-60-84(100(92)104)83-59-61-85-87-63-65-89-101-93(69-97(117)109(105(87)101)107(95)103(85)99(83)91)115(123)119(113(89)121)111-79(73(5)6)55-49-56-80(111)74(7)8)88-64-66-90-102-94(116(124)120(114(90)122)112-81(75(9)10)57-50-58-82(112)76(11)12)70-98(110(108)106(88)102)118(96)72-78(52-46-42-38-32-28-24-20-16-4)54-48-44-40-36-34-30-26-22-18-14-2/h49-50,55-70,73-78H,13-48,51-54,71-72H2,1-12H3. The van der Waals surface area contributed by atoms with Gasteiger partial charge in [0.25, 0.3) is 23.6 Å². The van der Waals surface area contributed by atoms with Crippen LogP contribution in [0.3, 0.4) is 0 Å². The third-order valence-electron chi connectivity index (χ3n) is 30.5. The molecule has 0 spiro atoms. The van der Waals surface area contributed by atoms with Gasteiger partial charge in [-0.25, -0.2) is 9.80 Å². The number of nitrogens with zero attached hydrogens (tertiary/aromatic N) is 4. The molecule has 0 saturated heterocycles. The van der Waals surface area contributed by atoms with Crippen LogP contribution < -0.4 is 9.80 Å². The van der Waals surface area contributed by atoms with E-state index >= 15 is 19.2 Å². The number of rotatable bonds is 50. The number of anilines is 2. The number of hydrogen-bond donors (Lipinski definition) is 0. The largest absolute Gasteiger partial charge is 0.340 e. The van der Waals surface area contributed by atoms with E-state index in [0.29, 0.717) is 34.1 Å². The van der Waals surface area contributed by atoms with Crippen molar-refractivity contribution in [3.05, 3.63) is 154 Å². The van der Waals surface area contributed by atoms with E-state index in [1.54, 1.807) is 9.80 Å². The number of carbonyl (C=O) groups excluding carboxylic acids is 4. The number of benzene rings is 13. The second kappa shape index (κ2) is 38.4. The summed E-state index contributed by atoms with van der Waals surface area (Å²) in [5.41, 5.74) is 12.6. The van der Waals surface area contributed by atoms with Crippen molar-refractivity contribution in [3.8, 4) is 0 Å². The summed E-state index contributed by atoms with van der Waals surface area (Å²) >= 11 is 0. The van der Waals surface area contributed by atoms with E-state index in [1.165, 1.54) is 307 Å². The molecule has 2 aliphatic rings. The van der Waals surface area contributed by atoms with Crippen molar-refractivity contribution < 1.29 is 19.2 Å². The van der Waals surface area contributed by atoms with Gasteiger partial charge in [-0.1, -0.05) is 387 Å². The van der Waals surface area contributed by atoms with Gasteiger partial charge in [0.2, 0.25) is 0 Å². The molecule has 2 aromatic heterocycles. The normalized spacial score (nSPS) is 14.3. The molecule has 0 radical (unpaired) electrons. The molecule has 0 bridgehead atoms. The van der Waals surface area contributed by atoms with E-state index in [1.807, 2.05) is 0 Å². The summed E-state index contributed by atoms with van der Waals surface area (Å²) in [5, 5.41) is 23.1. The lowest BCUT2D eigenvalue weighted by molar-refractivity contribution is 0.0877. The fraction of sp³-hybridized carbons (Fsp3) is 0.517. The van der Waals surface area contributed by atoms with Crippen LogP contribution in [0.5, 0.6) is 0 Å². The highest BCUT2D eigenvalue weighted by molar-refractivity contribution is 6.53. The van der Waals surface area contributed by atoms with Crippen molar-refractivity contribution in [1.29, 1.82) is 0 Å². The van der Waals surface area contributed by atoms with Crippen LogP contribution in [0, 0.1) is 11.8 Å². The van der Waals surface area contributed by atoms with Crippen LogP contribution in [0.4, 0.5) is 11.4 Å². The Labute approximate surface area is 740 Å². The number of amides is 4. The number of aromatic nitrogens is 2. The molecule has 0 fully saturated rings. The van der Waals surface area contributed by atoms with Crippen LogP contribution in [-0.4, -0.2) is 32.8 Å². The van der Waals surface area contributed by atoms with Crippen molar-refractivity contribution in [2.45, 2.75) is 377 Å². The molecule has 0 saturated carbocycles. The van der Waals surface area contributed by atoms with Crippen LogP contribution in [-0.2, 0) is 13.1 Å². The van der Waals surface area contributed by atoms with Gasteiger partial charge in [0.05, 0.1) is 44.6 Å². The minimum absolute atomic E-state index is 0.0721. The lowest BCUT2D eigenvalue weighted by atomic mass is 9.80. The summed E-state index contributed by atoms with van der Waals surface area (Å²) in [7, 11) is 0. The first-order valence-corrected chi connectivity index (χ1v) is 50.7. The predicted molar refractivity (Wildman–Crippen MR) is 534 cm³/mol. The van der Waals surface area contributed by atoms with Gasteiger partial charge in [-0.3, -0.25) is 19.2 Å². The predicted octanol–water partition coefficient (Wildman–Crippen LogP) is 35.3. The lowest BCUT2D eigenvalue weighted by Gasteiger charge is -2.33. The van der Waals surface area contributed by atoms with Gasteiger partial charge in [0, 0.05) is 78.1 Å². The van der Waals surface area contributed by atoms with E-state index in [9.17, 15) is 0 Å². The van der Waals surface area contributed by atoms with E-state index in [2.05, 4.69) is 201 Å². The first-order chi connectivity index (χ1) is 60.5. The molecular weight excluding hydrogens is 1510 g/mol. The zero-order valence-corrected chi connectivity index (χ0v) is 78.0. The Morgan fingerprint density at radius 2 is 0.452 bits per heavy atom. The SMILES string of the molecule is CCCCCCCCCCCCC(CCCCCCCCCC)Cn1c2cc3c4c(ccc5c6ccc7c8ccc9c%10ccc%11c%12c(cc%13c(c%12%10)c%10c9c8c(cc%10n%13CC(CCCCCCCCCC)CCCCCCCCCCCC)c8cc1c(c6c78)c2c45)C(=O)N(c1c(C(C)C)cccc1C(C)C)C%11=O)C(=O)N(c1c(C(C)C)cccc1C(C)C)C3=O. The monoisotopic (exact) mass is 1660 g/mol. The quantitative estimate of drug-likeness (QED) is 0.0165. The maximum atomic E-state index is 16.6. The fourth-order valence-electron chi connectivity index (χ4n) is 23.9. The van der Waals surface area contributed by atoms with Crippen LogP contribution in [0.15, 0.2) is 109 Å². The van der Waals surface area contributed by atoms with Gasteiger partial charge in [-0.05, 0) is 174 Å². The van der Waals surface area contributed by atoms with Gasteiger partial charge < -0.3 is 9.13 Å². The smallest absolute Gasteiger partial charge is 0.266 e. The molecule has 15 aromatic rings. The van der Waals surface area contributed by atoms with Crippen LogP contribution in [0.1, 0.15) is 427 Å². The molecule has 652 valence electrons. The Hall–Kier alpha value is -8.88. The van der Waals surface area contributed by atoms with Crippen molar-refractivity contribution in [2.75, 3.05) is 9.80 Å². The van der Waals surface area contributed by atoms with Crippen molar-refractivity contribution in [1.82, 2.24) is 9.13 Å². The maximum absolute atomic E-state index is 16.6. The summed E-state index contributed by atoms with van der Waals surface area (Å²) in [6, 6.07) is 40.9. The lowest BCUT2D eigenvalue weighted by Crippen LogP contribution is -2.41. The van der Waals surface area contributed by atoms with E-state index in [4.69, 9.17) is 0 Å². The Morgan fingerprint density at radius 1 is 0.226 bits per heavy atom. The maximum Gasteiger partial charge on any atom is 0.266 e. The summed E-state index contributed by atoms with van der Waals surface area (Å²) in [5.74, 6) is 0.145. The number of hydrogen-bond acceptors (Lipinski definition) is 4. The third kappa shape index (κ3) is 15.9. The zero-order valence-electron chi connectivity index (χ0n) is 78.0. The molecule has 0 N–H and O–H groups in total. The third-order valence-corrected chi connectivity index (χ3v) is 30.5. The minimum atomic E-state index is -0.242. The van der Waals surface area contributed by atoms with Crippen LogP contribution >= 0.6 is 0 Å². The molecule has 8 nitrogen and oxygen atoms in total. The first-order valence-electron chi connectivity index (χ1n) is 50.7. The van der Waals surface area contributed by atoms with Gasteiger partial charge in [0.1, 0.15) is 0 Å². The average Bonchev–Trinajstić information content (AvgIpc) is 1.38. The Morgan fingerprint density at radius 3 is 0.718 bits per heavy atom. The molecule has 4 amide bonds. The van der Waals surface area contributed by atoms with Crippen molar-refractivity contribution >= 4 is 165 Å². The fourth-order valence-corrected chi connectivity index (χ4v) is 23.9. The summed E-state index contributed by atoms with van der Waals surface area (Å²) < 4.78 is 5.47. The van der Waals surface area contributed by atoms with Gasteiger partial charge in [0.15, 0.2) is 0 Å². The minimum Gasteiger partial charge on any atom is -0.340 e. The highest BCUT2D eigenvalue weighted by atomic mass is 16.2. The molecule has 124 heavy (non-hydrogen) atoms. The molecule has 2 atom stereocenters. The summed E-state index contributed by atoms with van der Waals surface area (Å²) in [6.45, 7) is 28.4.